The molecular formula is C28H20F4N2O2S. The summed E-state index contributed by atoms with van der Waals surface area (Å²) in [7, 11) is 0. The van der Waals surface area contributed by atoms with Gasteiger partial charge in [-0.15, -0.1) is 11.8 Å². The number of aryl methyl sites for hydroxylation is 1. The zero-order chi connectivity index (χ0) is 26.5. The average Bonchev–Trinajstić information content (AvgIpc) is 2.90. The fourth-order valence-electron chi connectivity index (χ4n) is 3.55. The van der Waals surface area contributed by atoms with Crippen LogP contribution in [0.4, 0.5) is 28.9 Å². The quantitative estimate of drug-likeness (QED) is 0.152. The minimum atomic E-state index is -1.70. The second-order valence-corrected chi connectivity index (χ2v) is 9.21. The molecule has 4 nitrogen and oxygen atoms in total. The van der Waals surface area contributed by atoms with Crippen molar-refractivity contribution in [2.75, 3.05) is 10.6 Å². The summed E-state index contributed by atoms with van der Waals surface area (Å²) in [6, 6.07) is 22.3. The summed E-state index contributed by atoms with van der Waals surface area (Å²) < 4.78 is 55.6. The van der Waals surface area contributed by atoms with Crippen LogP contribution in [0.1, 0.15) is 26.7 Å². The minimum absolute atomic E-state index is 0.0726. The molecule has 1 atom stereocenters. The van der Waals surface area contributed by atoms with E-state index < -0.39 is 40.1 Å². The van der Waals surface area contributed by atoms with Crippen LogP contribution in [0, 0.1) is 30.2 Å². The lowest BCUT2D eigenvalue weighted by atomic mass is 10.1. The summed E-state index contributed by atoms with van der Waals surface area (Å²) in [5, 5.41) is 3.79. The summed E-state index contributed by atoms with van der Waals surface area (Å²) >= 11 is 1.06. The Kier molecular flexibility index (Phi) is 7.93. The summed E-state index contributed by atoms with van der Waals surface area (Å²) in [5.74, 6) is -7.79. The lowest BCUT2D eigenvalue weighted by Gasteiger charge is -2.18. The predicted molar refractivity (Wildman–Crippen MR) is 136 cm³/mol. The summed E-state index contributed by atoms with van der Waals surface area (Å²) in [6.45, 7) is 1.83. The van der Waals surface area contributed by atoms with Gasteiger partial charge in [0.2, 0.25) is 5.91 Å². The third-order valence-corrected chi connectivity index (χ3v) is 6.72. The third kappa shape index (κ3) is 6.00. The van der Waals surface area contributed by atoms with Gasteiger partial charge >= 0.3 is 0 Å². The fraction of sp³-hybridized carbons (Fsp3) is 0.0714. The highest BCUT2D eigenvalue weighted by atomic mass is 32.2. The number of nitrogens with one attached hydrogen (secondary N) is 2. The van der Waals surface area contributed by atoms with Crippen molar-refractivity contribution in [2.45, 2.75) is 17.1 Å². The van der Waals surface area contributed by atoms with Crippen molar-refractivity contribution in [1.82, 2.24) is 0 Å². The van der Waals surface area contributed by atoms with Gasteiger partial charge in [-0.25, -0.2) is 17.6 Å². The van der Waals surface area contributed by atoms with Gasteiger partial charge in [-0.3, -0.25) is 9.59 Å². The normalized spacial score (nSPS) is 11.6. The first-order valence-electron chi connectivity index (χ1n) is 11.1. The molecule has 4 aromatic rings. The number of thioether (sulfide) groups is 1. The first-order chi connectivity index (χ1) is 17.7. The Hall–Kier alpha value is -4.11. The molecule has 0 aliphatic heterocycles. The van der Waals surface area contributed by atoms with Crippen molar-refractivity contribution in [2.24, 2.45) is 0 Å². The van der Waals surface area contributed by atoms with E-state index in [1.807, 2.05) is 24.4 Å². The lowest BCUT2D eigenvalue weighted by molar-refractivity contribution is -0.115. The average molecular weight is 525 g/mol. The largest absolute Gasteiger partial charge is 0.322 e. The lowest BCUT2D eigenvalue weighted by Crippen LogP contribution is -2.21. The number of carbonyl (C=O) groups is 2. The third-order valence-electron chi connectivity index (χ3n) is 5.46. The van der Waals surface area contributed by atoms with Crippen molar-refractivity contribution >= 4 is 35.0 Å². The topological polar surface area (TPSA) is 58.2 Å². The summed E-state index contributed by atoms with van der Waals surface area (Å²) in [5.41, 5.74) is 1.19. The summed E-state index contributed by atoms with van der Waals surface area (Å²) in [6.07, 6.45) is 0. The van der Waals surface area contributed by atoms with Gasteiger partial charge in [-0.05, 0) is 48.4 Å². The molecule has 2 amide bonds. The smallest absolute Gasteiger partial charge is 0.255 e. The molecule has 9 heteroatoms. The molecule has 37 heavy (non-hydrogen) atoms. The van der Waals surface area contributed by atoms with E-state index in [-0.39, 0.29) is 12.0 Å². The zero-order valence-corrected chi connectivity index (χ0v) is 20.2. The number of rotatable bonds is 7. The summed E-state index contributed by atoms with van der Waals surface area (Å²) in [4.78, 5) is 26.2. The second-order valence-electron chi connectivity index (χ2n) is 8.03. The maximum Gasteiger partial charge on any atom is 0.255 e. The standard InChI is InChI=1S/C28H20F4N2O2S/c1-16-7-5-6-10-20(16)27(35)33-18-11-13-19(14-12-18)37-26(17-8-3-2-4-9-17)28(36)34-25-23(31)21(29)15-22(30)24(25)32/h2-15,26H,1H3,(H,33,35)(H,34,36). The van der Waals surface area contributed by atoms with E-state index >= 15 is 0 Å². The molecule has 0 aliphatic rings. The fourth-order valence-corrected chi connectivity index (χ4v) is 4.58. The van der Waals surface area contributed by atoms with Crippen molar-refractivity contribution in [1.29, 1.82) is 0 Å². The van der Waals surface area contributed by atoms with Gasteiger partial charge in [0.15, 0.2) is 23.3 Å². The Morgan fingerprint density at radius 1 is 0.757 bits per heavy atom. The molecule has 0 heterocycles. The Morgan fingerprint density at radius 3 is 1.97 bits per heavy atom. The van der Waals surface area contributed by atoms with Crippen LogP contribution in [0.15, 0.2) is 89.8 Å². The second kappa shape index (κ2) is 11.3. The first kappa shape index (κ1) is 26.0. The van der Waals surface area contributed by atoms with Crippen molar-refractivity contribution in [3.8, 4) is 0 Å². The Labute approximate surface area is 214 Å². The van der Waals surface area contributed by atoms with Crippen LogP contribution in [-0.4, -0.2) is 11.8 Å². The number of benzene rings is 4. The van der Waals surface area contributed by atoms with Crippen LogP contribution in [0.3, 0.4) is 0 Å². The van der Waals surface area contributed by atoms with Crippen molar-refractivity contribution in [3.05, 3.63) is 125 Å². The highest BCUT2D eigenvalue weighted by Gasteiger charge is 2.27. The number of anilines is 2. The van der Waals surface area contributed by atoms with Gasteiger partial charge in [0, 0.05) is 22.2 Å². The van der Waals surface area contributed by atoms with Crippen LogP contribution in [0.5, 0.6) is 0 Å². The number of amides is 2. The molecule has 0 bridgehead atoms. The number of carbonyl (C=O) groups excluding carboxylic acids is 2. The molecule has 2 N–H and O–H groups in total. The molecular weight excluding hydrogens is 504 g/mol. The van der Waals surface area contributed by atoms with Gasteiger partial charge in [0.25, 0.3) is 5.91 Å². The van der Waals surface area contributed by atoms with Crippen LogP contribution < -0.4 is 10.6 Å². The van der Waals surface area contributed by atoms with E-state index in [0.29, 0.717) is 21.7 Å². The van der Waals surface area contributed by atoms with Gasteiger partial charge in [-0.1, -0.05) is 48.5 Å². The molecule has 188 valence electrons. The van der Waals surface area contributed by atoms with E-state index in [2.05, 4.69) is 5.32 Å². The van der Waals surface area contributed by atoms with Crippen LogP contribution in [0.2, 0.25) is 0 Å². The van der Waals surface area contributed by atoms with E-state index in [1.165, 1.54) is 0 Å². The molecule has 0 aliphatic carbocycles. The van der Waals surface area contributed by atoms with Gasteiger partial charge in [0.05, 0.1) is 0 Å². The Bertz CT molecular complexity index is 1420. The van der Waals surface area contributed by atoms with Crippen LogP contribution >= 0.6 is 11.8 Å². The van der Waals surface area contributed by atoms with E-state index in [4.69, 9.17) is 0 Å². The number of hydrogen-bond donors (Lipinski definition) is 2. The molecule has 4 aromatic carbocycles. The number of halogens is 4. The van der Waals surface area contributed by atoms with Gasteiger partial charge in [0.1, 0.15) is 10.9 Å². The molecule has 0 fully saturated rings. The maximum atomic E-state index is 14.2. The molecule has 0 saturated heterocycles. The predicted octanol–water partition coefficient (Wildman–Crippen LogP) is 7.28. The van der Waals surface area contributed by atoms with Crippen LogP contribution in [-0.2, 0) is 4.79 Å². The molecule has 0 aromatic heterocycles. The Balaban J connectivity index is 1.55. The molecule has 1 unspecified atom stereocenters. The van der Waals surface area contributed by atoms with E-state index in [1.54, 1.807) is 66.7 Å². The van der Waals surface area contributed by atoms with E-state index in [0.717, 1.165) is 17.3 Å². The molecule has 0 radical (unpaired) electrons. The van der Waals surface area contributed by atoms with E-state index in [9.17, 15) is 27.2 Å². The number of hydrogen-bond acceptors (Lipinski definition) is 3. The van der Waals surface area contributed by atoms with Gasteiger partial charge < -0.3 is 10.6 Å². The van der Waals surface area contributed by atoms with Crippen molar-refractivity contribution in [3.63, 3.8) is 0 Å². The Morgan fingerprint density at radius 2 is 1.35 bits per heavy atom. The monoisotopic (exact) mass is 524 g/mol. The molecule has 4 rings (SSSR count). The maximum absolute atomic E-state index is 14.2. The SMILES string of the molecule is Cc1ccccc1C(=O)Nc1ccc(SC(C(=O)Nc2c(F)c(F)cc(F)c2F)c2ccccc2)cc1. The van der Waals surface area contributed by atoms with Gasteiger partial charge in [-0.2, -0.15) is 0 Å². The van der Waals surface area contributed by atoms with Crippen molar-refractivity contribution < 1.29 is 27.2 Å². The highest BCUT2D eigenvalue weighted by molar-refractivity contribution is 8.00. The molecule has 0 saturated carbocycles. The highest BCUT2D eigenvalue weighted by Crippen LogP contribution is 2.37. The minimum Gasteiger partial charge on any atom is -0.322 e. The molecule has 0 spiro atoms. The first-order valence-corrected chi connectivity index (χ1v) is 11.9. The zero-order valence-electron chi connectivity index (χ0n) is 19.4. The van der Waals surface area contributed by atoms with Crippen LogP contribution in [0.25, 0.3) is 0 Å².